The number of hydrogen-bond acceptors (Lipinski definition) is 4. The topological polar surface area (TPSA) is 59.7 Å². The van der Waals surface area contributed by atoms with E-state index in [4.69, 9.17) is 14.3 Å². The summed E-state index contributed by atoms with van der Waals surface area (Å²) in [4.78, 5) is 11.7. The number of aryl methyl sites for hydroxylation is 2. The van der Waals surface area contributed by atoms with Gasteiger partial charge >= 0.3 is 0 Å². The summed E-state index contributed by atoms with van der Waals surface area (Å²) in [6.07, 6.45) is 1.22. The normalized spacial score (nSPS) is 10.4. The third kappa shape index (κ3) is 2.60. The highest BCUT2D eigenvalue weighted by Crippen LogP contribution is 2.23. The van der Waals surface area contributed by atoms with Crippen molar-refractivity contribution in [2.45, 2.75) is 20.5 Å². The molecule has 0 bridgehead atoms. The van der Waals surface area contributed by atoms with Gasteiger partial charge in [-0.3, -0.25) is 4.79 Å². The minimum Gasteiger partial charge on any atom is -0.463 e. The third-order valence-electron chi connectivity index (χ3n) is 2.56. The first kappa shape index (κ1) is 12.4. The van der Waals surface area contributed by atoms with E-state index >= 15 is 0 Å². The Morgan fingerprint density at radius 1 is 1.22 bits per heavy atom. The summed E-state index contributed by atoms with van der Waals surface area (Å²) in [6.45, 7) is 3.59. The average Bonchev–Trinajstić information content (AvgIpc) is 2.34. The summed E-state index contributed by atoms with van der Waals surface area (Å²) in [5.74, 6) is 0.941. The van der Waals surface area contributed by atoms with Crippen molar-refractivity contribution in [2.75, 3.05) is 0 Å². The van der Waals surface area contributed by atoms with Crippen LogP contribution in [0.15, 0.2) is 39.7 Å². The predicted molar refractivity (Wildman–Crippen MR) is 66.9 cm³/mol. The molecule has 1 heterocycles. The standard InChI is InChI=1S/C14H14O4/c1-9-3-4-13(10(2)5-9)18-14-8-17-11(7-15)6-12(14)16/h3-6,8,15H,7H2,1-2H3. The molecule has 0 spiro atoms. The lowest BCUT2D eigenvalue weighted by molar-refractivity contribution is 0.241. The van der Waals surface area contributed by atoms with E-state index in [9.17, 15) is 4.79 Å². The molecule has 0 amide bonds. The van der Waals surface area contributed by atoms with Gasteiger partial charge in [-0.05, 0) is 25.5 Å². The van der Waals surface area contributed by atoms with E-state index in [1.165, 1.54) is 12.3 Å². The molecule has 4 heteroatoms. The second-order valence-electron chi connectivity index (χ2n) is 4.10. The molecule has 0 radical (unpaired) electrons. The molecule has 0 saturated carbocycles. The highest BCUT2D eigenvalue weighted by atomic mass is 16.5. The predicted octanol–water partition coefficient (Wildman–Crippen LogP) is 2.54. The Hall–Kier alpha value is -2.07. The van der Waals surface area contributed by atoms with Gasteiger partial charge in [0.2, 0.25) is 11.2 Å². The molecular formula is C14H14O4. The van der Waals surface area contributed by atoms with Gasteiger partial charge in [0.25, 0.3) is 0 Å². The molecule has 2 rings (SSSR count). The zero-order valence-electron chi connectivity index (χ0n) is 10.3. The third-order valence-corrected chi connectivity index (χ3v) is 2.56. The second-order valence-corrected chi connectivity index (χ2v) is 4.10. The van der Waals surface area contributed by atoms with Gasteiger partial charge in [0.05, 0.1) is 0 Å². The quantitative estimate of drug-likeness (QED) is 0.904. The van der Waals surface area contributed by atoms with Crippen LogP contribution in [-0.4, -0.2) is 5.11 Å². The minimum atomic E-state index is -0.315. The Balaban J connectivity index is 2.31. The van der Waals surface area contributed by atoms with Crippen LogP contribution in [0.25, 0.3) is 0 Å². The molecule has 0 atom stereocenters. The molecule has 0 saturated heterocycles. The fourth-order valence-electron chi connectivity index (χ4n) is 1.63. The molecule has 1 aromatic carbocycles. The highest BCUT2D eigenvalue weighted by molar-refractivity contribution is 5.38. The Morgan fingerprint density at radius 3 is 2.61 bits per heavy atom. The average molecular weight is 246 g/mol. The van der Waals surface area contributed by atoms with Gasteiger partial charge < -0.3 is 14.3 Å². The lowest BCUT2D eigenvalue weighted by Gasteiger charge is -2.08. The molecule has 0 fully saturated rings. The van der Waals surface area contributed by atoms with Crippen molar-refractivity contribution in [2.24, 2.45) is 0 Å². The molecule has 2 aromatic rings. The van der Waals surface area contributed by atoms with Gasteiger partial charge in [-0.15, -0.1) is 0 Å². The van der Waals surface area contributed by atoms with E-state index in [0.717, 1.165) is 11.1 Å². The number of rotatable bonds is 3. The largest absolute Gasteiger partial charge is 0.463 e. The molecule has 0 aliphatic rings. The maximum atomic E-state index is 11.7. The molecule has 0 unspecified atom stereocenters. The number of aliphatic hydroxyl groups is 1. The Labute approximate surface area is 104 Å². The summed E-state index contributed by atoms with van der Waals surface area (Å²) in [5.41, 5.74) is 1.76. The number of ether oxygens (including phenoxy) is 1. The number of aliphatic hydroxyl groups excluding tert-OH is 1. The molecule has 1 N–H and O–H groups in total. The zero-order chi connectivity index (χ0) is 13.1. The molecule has 1 aromatic heterocycles. The Bertz CT molecular complexity index is 613. The van der Waals surface area contributed by atoms with Crippen molar-refractivity contribution in [3.8, 4) is 11.5 Å². The van der Waals surface area contributed by atoms with Gasteiger partial charge in [0.1, 0.15) is 24.4 Å². The molecule has 0 aliphatic heterocycles. The van der Waals surface area contributed by atoms with Crippen LogP contribution < -0.4 is 10.2 Å². The first-order chi connectivity index (χ1) is 8.60. The van der Waals surface area contributed by atoms with Crippen LogP contribution in [0.1, 0.15) is 16.9 Å². The van der Waals surface area contributed by atoms with Crippen molar-refractivity contribution < 1.29 is 14.3 Å². The Kier molecular flexibility index (Phi) is 3.48. The van der Waals surface area contributed by atoms with Crippen LogP contribution >= 0.6 is 0 Å². The van der Waals surface area contributed by atoms with E-state index < -0.39 is 0 Å². The zero-order valence-corrected chi connectivity index (χ0v) is 10.3. The van der Waals surface area contributed by atoms with Crippen LogP contribution in [0.2, 0.25) is 0 Å². The lowest BCUT2D eigenvalue weighted by Crippen LogP contribution is -2.05. The monoisotopic (exact) mass is 246 g/mol. The van der Waals surface area contributed by atoms with Gasteiger partial charge in [0, 0.05) is 6.07 Å². The van der Waals surface area contributed by atoms with Gasteiger partial charge in [0.15, 0.2) is 0 Å². The molecular weight excluding hydrogens is 232 g/mol. The van der Waals surface area contributed by atoms with E-state index in [1.54, 1.807) is 0 Å². The van der Waals surface area contributed by atoms with E-state index in [-0.39, 0.29) is 23.5 Å². The smallest absolute Gasteiger partial charge is 0.227 e. The number of benzene rings is 1. The highest BCUT2D eigenvalue weighted by Gasteiger charge is 2.07. The summed E-state index contributed by atoms with van der Waals surface area (Å²) in [6, 6.07) is 6.91. The van der Waals surface area contributed by atoms with Gasteiger partial charge in [-0.1, -0.05) is 17.7 Å². The van der Waals surface area contributed by atoms with Crippen LogP contribution in [0.5, 0.6) is 11.5 Å². The summed E-state index contributed by atoms with van der Waals surface area (Å²) < 4.78 is 10.6. The second kappa shape index (κ2) is 5.06. The van der Waals surface area contributed by atoms with Crippen LogP contribution in [0.3, 0.4) is 0 Å². The fraction of sp³-hybridized carbons (Fsp3) is 0.214. The minimum absolute atomic E-state index is 0.110. The molecule has 18 heavy (non-hydrogen) atoms. The van der Waals surface area contributed by atoms with E-state index in [1.807, 2.05) is 32.0 Å². The van der Waals surface area contributed by atoms with E-state index in [0.29, 0.717) is 5.75 Å². The fourth-order valence-corrected chi connectivity index (χ4v) is 1.63. The van der Waals surface area contributed by atoms with Crippen molar-refractivity contribution >= 4 is 0 Å². The maximum Gasteiger partial charge on any atom is 0.227 e. The van der Waals surface area contributed by atoms with Crippen LogP contribution in [-0.2, 0) is 6.61 Å². The van der Waals surface area contributed by atoms with Crippen molar-refractivity contribution in [1.29, 1.82) is 0 Å². The van der Waals surface area contributed by atoms with Crippen LogP contribution in [0.4, 0.5) is 0 Å². The first-order valence-corrected chi connectivity index (χ1v) is 5.58. The van der Waals surface area contributed by atoms with Crippen molar-refractivity contribution in [1.82, 2.24) is 0 Å². The molecule has 4 nitrogen and oxygen atoms in total. The Morgan fingerprint density at radius 2 is 2.00 bits per heavy atom. The number of hydrogen-bond donors (Lipinski definition) is 1. The van der Waals surface area contributed by atoms with Crippen molar-refractivity contribution in [3.63, 3.8) is 0 Å². The summed E-state index contributed by atoms with van der Waals surface area (Å²) >= 11 is 0. The van der Waals surface area contributed by atoms with Gasteiger partial charge in [-0.25, -0.2) is 0 Å². The molecule has 94 valence electrons. The SMILES string of the molecule is Cc1ccc(Oc2coc(CO)cc2=O)c(C)c1. The lowest BCUT2D eigenvalue weighted by atomic mass is 10.1. The summed E-state index contributed by atoms with van der Waals surface area (Å²) in [5, 5.41) is 8.84. The van der Waals surface area contributed by atoms with Crippen LogP contribution in [0, 0.1) is 13.8 Å². The summed E-state index contributed by atoms with van der Waals surface area (Å²) in [7, 11) is 0. The van der Waals surface area contributed by atoms with Gasteiger partial charge in [-0.2, -0.15) is 0 Å². The van der Waals surface area contributed by atoms with E-state index in [2.05, 4.69) is 0 Å². The van der Waals surface area contributed by atoms with Crippen molar-refractivity contribution in [3.05, 3.63) is 57.6 Å². The maximum absolute atomic E-state index is 11.7. The molecule has 0 aliphatic carbocycles. The first-order valence-electron chi connectivity index (χ1n) is 5.58.